The van der Waals surface area contributed by atoms with Gasteiger partial charge in [-0.25, -0.2) is 4.98 Å². The highest BCUT2D eigenvalue weighted by Crippen LogP contribution is 2.21. The fourth-order valence-electron chi connectivity index (χ4n) is 2.40. The van der Waals surface area contributed by atoms with E-state index in [9.17, 15) is 4.79 Å². The molecule has 0 atom stereocenters. The van der Waals surface area contributed by atoms with Crippen molar-refractivity contribution >= 4 is 32.3 Å². The summed E-state index contributed by atoms with van der Waals surface area (Å²) in [5, 5.41) is 4.15. The number of benzene rings is 2. The molecule has 108 valence electrons. The Morgan fingerprint density at radius 2 is 1.95 bits per heavy atom. The third kappa shape index (κ3) is 2.35. The summed E-state index contributed by atoms with van der Waals surface area (Å²) in [5.41, 5.74) is 0.600. The summed E-state index contributed by atoms with van der Waals surface area (Å²) in [5.74, 6) is 1.29. The molecule has 2 aromatic heterocycles. The minimum absolute atomic E-state index is 0.114. The number of hydrogen-bond donors (Lipinski definition) is 1. The van der Waals surface area contributed by atoms with Crippen LogP contribution >= 0.6 is 11.3 Å². The summed E-state index contributed by atoms with van der Waals surface area (Å²) in [6.45, 7) is 0.235. The lowest BCUT2D eigenvalue weighted by Gasteiger charge is -2.07. The van der Waals surface area contributed by atoms with Gasteiger partial charge in [-0.15, -0.1) is 11.3 Å². The van der Waals surface area contributed by atoms with Gasteiger partial charge in [0.25, 0.3) is 5.56 Å². The van der Waals surface area contributed by atoms with Crippen LogP contribution < -0.4 is 10.3 Å². The highest BCUT2D eigenvalue weighted by Gasteiger charge is 2.05. The van der Waals surface area contributed by atoms with Crippen LogP contribution in [0.2, 0.25) is 0 Å². The number of aromatic nitrogens is 2. The van der Waals surface area contributed by atoms with Gasteiger partial charge < -0.3 is 9.72 Å². The summed E-state index contributed by atoms with van der Waals surface area (Å²) in [6, 6.07) is 15.9. The second-order valence-corrected chi connectivity index (χ2v) is 5.86. The van der Waals surface area contributed by atoms with Gasteiger partial charge in [0.2, 0.25) is 0 Å². The van der Waals surface area contributed by atoms with Crippen LogP contribution in [0.4, 0.5) is 0 Å². The highest BCUT2D eigenvalue weighted by molar-refractivity contribution is 7.17. The third-order valence-electron chi connectivity index (χ3n) is 3.46. The molecule has 0 aliphatic heterocycles. The molecule has 0 fully saturated rings. The van der Waals surface area contributed by atoms with Crippen molar-refractivity contribution in [1.29, 1.82) is 0 Å². The van der Waals surface area contributed by atoms with E-state index in [1.165, 1.54) is 16.7 Å². The van der Waals surface area contributed by atoms with Crippen molar-refractivity contribution in [2.24, 2.45) is 0 Å². The fraction of sp³-hybridized carbons (Fsp3) is 0.0588. The van der Waals surface area contributed by atoms with Gasteiger partial charge in [0, 0.05) is 0 Å². The summed E-state index contributed by atoms with van der Waals surface area (Å²) >= 11 is 1.39. The van der Waals surface area contributed by atoms with Crippen molar-refractivity contribution in [3.05, 3.63) is 70.1 Å². The maximum Gasteiger partial charge on any atom is 0.268 e. The van der Waals surface area contributed by atoms with Gasteiger partial charge in [0.05, 0.1) is 5.52 Å². The van der Waals surface area contributed by atoms with Crippen LogP contribution in [0.15, 0.2) is 58.7 Å². The van der Waals surface area contributed by atoms with Gasteiger partial charge in [-0.1, -0.05) is 30.3 Å². The number of fused-ring (bicyclic) bond motifs is 2. The maximum absolute atomic E-state index is 11.9. The number of aromatic amines is 1. The van der Waals surface area contributed by atoms with E-state index in [0.29, 0.717) is 16.0 Å². The Kier molecular flexibility index (Phi) is 3.12. The second kappa shape index (κ2) is 5.27. The number of H-pyrrole nitrogens is 1. The van der Waals surface area contributed by atoms with Gasteiger partial charge >= 0.3 is 0 Å². The maximum atomic E-state index is 11.9. The van der Waals surface area contributed by atoms with E-state index in [1.54, 1.807) is 0 Å². The average Bonchev–Trinajstić information content (AvgIpc) is 3.02. The monoisotopic (exact) mass is 308 g/mol. The molecule has 5 heteroatoms. The van der Waals surface area contributed by atoms with Crippen LogP contribution in [0.1, 0.15) is 5.82 Å². The van der Waals surface area contributed by atoms with E-state index in [-0.39, 0.29) is 12.2 Å². The molecule has 0 aliphatic carbocycles. The average molecular weight is 308 g/mol. The lowest BCUT2D eigenvalue weighted by Crippen LogP contribution is -2.12. The molecule has 22 heavy (non-hydrogen) atoms. The molecule has 4 rings (SSSR count). The zero-order chi connectivity index (χ0) is 14.9. The predicted octanol–water partition coefficient (Wildman–Crippen LogP) is 3.72. The minimum atomic E-state index is -0.114. The predicted molar refractivity (Wildman–Crippen MR) is 88.5 cm³/mol. The van der Waals surface area contributed by atoms with Crippen LogP contribution in [0.25, 0.3) is 21.0 Å². The van der Waals surface area contributed by atoms with Crippen LogP contribution in [0.3, 0.4) is 0 Å². The molecule has 2 aromatic carbocycles. The van der Waals surface area contributed by atoms with E-state index >= 15 is 0 Å². The topological polar surface area (TPSA) is 55.0 Å². The lowest BCUT2D eigenvalue weighted by atomic mass is 10.1. The first-order valence-electron chi connectivity index (χ1n) is 6.87. The van der Waals surface area contributed by atoms with Crippen molar-refractivity contribution < 1.29 is 4.74 Å². The summed E-state index contributed by atoms with van der Waals surface area (Å²) < 4.78 is 6.40. The van der Waals surface area contributed by atoms with E-state index in [4.69, 9.17) is 4.74 Å². The summed E-state index contributed by atoms with van der Waals surface area (Å²) in [6.07, 6.45) is 0. The second-order valence-electron chi connectivity index (χ2n) is 4.95. The van der Waals surface area contributed by atoms with Crippen molar-refractivity contribution in [2.45, 2.75) is 6.61 Å². The van der Waals surface area contributed by atoms with E-state index in [0.717, 1.165) is 11.1 Å². The number of thiophene rings is 1. The van der Waals surface area contributed by atoms with Gasteiger partial charge in [-0.3, -0.25) is 4.79 Å². The zero-order valence-corrected chi connectivity index (χ0v) is 12.4. The molecule has 4 aromatic rings. The normalized spacial score (nSPS) is 11.1. The molecule has 0 aliphatic rings. The summed E-state index contributed by atoms with van der Waals surface area (Å²) in [7, 11) is 0. The Morgan fingerprint density at radius 1 is 1.09 bits per heavy atom. The molecule has 0 unspecified atom stereocenters. The highest BCUT2D eigenvalue weighted by atomic mass is 32.1. The van der Waals surface area contributed by atoms with E-state index in [2.05, 4.69) is 16.0 Å². The molecule has 0 spiro atoms. The summed E-state index contributed by atoms with van der Waals surface area (Å²) in [4.78, 5) is 19.1. The van der Waals surface area contributed by atoms with Crippen molar-refractivity contribution in [3.8, 4) is 5.75 Å². The van der Waals surface area contributed by atoms with Crippen molar-refractivity contribution in [1.82, 2.24) is 9.97 Å². The number of nitrogens with one attached hydrogen (secondary N) is 1. The zero-order valence-electron chi connectivity index (χ0n) is 11.6. The number of rotatable bonds is 3. The number of nitrogens with zero attached hydrogens (tertiary/aromatic N) is 1. The molecule has 0 saturated carbocycles. The number of hydrogen-bond acceptors (Lipinski definition) is 4. The Bertz CT molecular complexity index is 1020. The SMILES string of the molecule is O=c1[nH]c(COc2ccc3ccccc3c2)nc2ccsc12. The van der Waals surface area contributed by atoms with Gasteiger partial charge in [0.15, 0.2) is 0 Å². The lowest BCUT2D eigenvalue weighted by molar-refractivity contribution is 0.296. The molecule has 2 heterocycles. The van der Waals surface area contributed by atoms with Gasteiger partial charge in [-0.05, 0) is 34.4 Å². The first kappa shape index (κ1) is 13.0. The molecule has 0 radical (unpaired) electrons. The van der Waals surface area contributed by atoms with Crippen LogP contribution in [0.5, 0.6) is 5.75 Å². The smallest absolute Gasteiger partial charge is 0.268 e. The first-order valence-corrected chi connectivity index (χ1v) is 7.75. The van der Waals surface area contributed by atoms with Crippen LogP contribution in [-0.2, 0) is 6.61 Å². The van der Waals surface area contributed by atoms with Crippen molar-refractivity contribution in [3.63, 3.8) is 0 Å². The van der Waals surface area contributed by atoms with E-state index < -0.39 is 0 Å². The molecule has 0 amide bonds. The Labute approximate surface area is 130 Å². The molecular formula is C17H12N2O2S. The fourth-order valence-corrected chi connectivity index (χ4v) is 3.12. The minimum Gasteiger partial charge on any atom is -0.486 e. The largest absolute Gasteiger partial charge is 0.486 e. The Morgan fingerprint density at radius 3 is 2.86 bits per heavy atom. The van der Waals surface area contributed by atoms with Crippen LogP contribution in [0, 0.1) is 0 Å². The quantitative estimate of drug-likeness (QED) is 0.627. The third-order valence-corrected chi connectivity index (χ3v) is 4.36. The molecule has 0 saturated heterocycles. The van der Waals surface area contributed by atoms with Crippen LogP contribution in [-0.4, -0.2) is 9.97 Å². The Balaban J connectivity index is 1.60. The van der Waals surface area contributed by atoms with Gasteiger partial charge in [0.1, 0.15) is 22.9 Å². The molecule has 1 N–H and O–H groups in total. The standard InChI is InChI=1S/C17H12N2O2S/c20-17-16-14(7-8-22-16)18-15(19-17)10-21-13-6-5-11-3-1-2-4-12(11)9-13/h1-9H,10H2,(H,18,19,20). The Hall–Kier alpha value is -2.66. The van der Waals surface area contributed by atoms with Gasteiger partial charge in [-0.2, -0.15) is 0 Å². The van der Waals surface area contributed by atoms with E-state index in [1.807, 2.05) is 47.8 Å². The molecular weight excluding hydrogens is 296 g/mol. The molecule has 4 nitrogen and oxygen atoms in total. The first-order chi connectivity index (χ1) is 10.8. The van der Waals surface area contributed by atoms with Crippen molar-refractivity contribution in [2.75, 3.05) is 0 Å². The number of ether oxygens (including phenoxy) is 1. The molecule has 0 bridgehead atoms.